The number of hydrogen-bond acceptors (Lipinski definition) is 3. The maximum Gasteiger partial charge on any atom is 0.259 e. The van der Waals surface area contributed by atoms with Gasteiger partial charge in [0, 0.05) is 10.6 Å². The average molecular weight is 371 g/mol. The predicted octanol–water partition coefficient (Wildman–Crippen LogP) is 4.63. The molecule has 0 radical (unpaired) electrons. The molecule has 2 aromatic carbocycles. The third kappa shape index (κ3) is 3.18. The summed E-state index contributed by atoms with van der Waals surface area (Å²) in [4.78, 5) is 19.3. The number of nitrogens with zero attached hydrogens (tertiary/aromatic N) is 1. The molecule has 0 aliphatic carbocycles. The van der Waals surface area contributed by atoms with Crippen LogP contribution in [0, 0.1) is 0 Å². The van der Waals surface area contributed by atoms with Crippen LogP contribution in [0.2, 0.25) is 5.02 Å². The second-order valence-corrected chi connectivity index (χ2v) is 6.46. The second-order valence-electron chi connectivity index (χ2n) is 5.61. The molecule has 2 heterocycles. The summed E-state index contributed by atoms with van der Waals surface area (Å²) in [5.74, 6) is 1.10. The van der Waals surface area contributed by atoms with Gasteiger partial charge < -0.3 is 9.72 Å². The largest absolute Gasteiger partial charge is 0.488 e. The highest BCUT2D eigenvalue weighted by Gasteiger charge is 2.12. The third-order valence-electron chi connectivity index (χ3n) is 3.86. The molecule has 0 fully saturated rings. The Morgan fingerprint density at radius 3 is 2.96 bits per heavy atom. The van der Waals surface area contributed by atoms with Gasteiger partial charge in [-0.15, -0.1) is 0 Å². The van der Waals surface area contributed by atoms with Crippen LogP contribution in [0.5, 0.6) is 5.75 Å². The second kappa shape index (κ2) is 6.39. The van der Waals surface area contributed by atoms with E-state index in [9.17, 15) is 4.79 Å². The van der Waals surface area contributed by atoms with E-state index in [0.29, 0.717) is 33.4 Å². The first-order valence-corrected chi connectivity index (χ1v) is 8.35. The van der Waals surface area contributed by atoms with Gasteiger partial charge in [0.25, 0.3) is 5.56 Å². The molecule has 0 bridgehead atoms. The number of para-hydroxylation sites is 1. The molecule has 124 valence electrons. The molecule has 0 atom stereocenters. The van der Waals surface area contributed by atoms with Crippen molar-refractivity contribution in [1.82, 2.24) is 9.97 Å². The first-order chi connectivity index (χ1) is 12.1. The normalized spacial score (nSPS) is 14.0. The molecule has 0 unspecified atom stereocenters. The van der Waals surface area contributed by atoms with Crippen LogP contribution in [0.15, 0.2) is 58.9 Å². The Kier molecular flexibility index (Phi) is 4.07. The van der Waals surface area contributed by atoms with E-state index < -0.39 is 0 Å². The number of halogens is 2. The van der Waals surface area contributed by atoms with Crippen molar-refractivity contribution >= 4 is 45.2 Å². The summed E-state index contributed by atoms with van der Waals surface area (Å²) in [5, 5.41) is 1.50. The van der Waals surface area contributed by atoms with Gasteiger partial charge in [-0.25, -0.2) is 4.98 Å². The zero-order valence-corrected chi connectivity index (χ0v) is 14.4. The lowest BCUT2D eigenvalue weighted by atomic mass is 10.1. The van der Waals surface area contributed by atoms with E-state index in [1.54, 1.807) is 30.3 Å². The smallest absolute Gasteiger partial charge is 0.259 e. The molecule has 25 heavy (non-hydrogen) atoms. The van der Waals surface area contributed by atoms with Crippen LogP contribution in [0.25, 0.3) is 22.0 Å². The van der Waals surface area contributed by atoms with Gasteiger partial charge in [-0.3, -0.25) is 4.79 Å². The number of aromatic amines is 1. The maximum absolute atomic E-state index is 12.2. The molecule has 1 N–H and O–H groups in total. The van der Waals surface area contributed by atoms with Gasteiger partial charge in [-0.05, 0) is 48.1 Å². The lowest BCUT2D eigenvalue weighted by Gasteiger charge is -2.16. The molecule has 1 aliphatic rings. The summed E-state index contributed by atoms with van der Waals surface area (Å²) in [5.41, 5.74) is 2.11. The van der Waals surface area contributed by atoms with Gasteiger partial charge in [0.15, 0.2) is 5.82 Å². The SMILES string of the molecule is O=c1[nH]c(/C(Cl)=C\C2=Cc3cc(Cl)ccc3OC2)nc2ccccc12. The highest BCUT2D eigenvalue weighted by Crippen LogP contribution is 2.30. The van der Waals surface area contributed by atoms with Crippen LogP contribution >= 0.6 is 23.2 Å². The van der Waals surface area contributed by atoms with Crippen molar-refractivity contribution in [3.63, 3.8) is 0 Å². The molecule has 3 aromatic rings. The van der Waals surface area contributed by atoms with Crippen LogP contribution in [-0.4, -0.2) is 16.6 Å². The average Bonchev–Trinajstić information content (AvgIpc) is 2.61. The van der Waals surface area contributed by atoms with Crippen molar-refractivity contribution in [2.45, 2.75) is 0 Å². The van der Waals surface area contributed by atoms with Gasteiger partial charge in [-0.1, -0.05) is 35.3 Å². The summed E-state index contributed by atoms with van der Waals surface area (Å²) >= 11 is 12.4. The number of hydrogen-bond donors (Lipinski definition) is 1. The Balaban J connectivity index is 1.74. The lowest BCUT2D eigenvalue weighted by Crippen LogP contribution is -2.11. The van der Waals surface area contributed by atoms with E-state index in [-0.39, 0.29) is 5.56 Å². The molecule has 4 rings (SSSR count). The molecule has 1 aromatic heterocycles. The molecule has 0 amide bonds. The van der Waals surface area contributed by atoms with E-state index in [1.807, 2.05) is 24.3 Å². The number of H-pyrrole nitrogens is 1. The van der Waals surface area contributed by atoms with E-state index in [1.165, 1.54) is 0 Å². The Hall–Kier alpha value is -2.56. The quantitative estimate of drug-likeness (QED) is 0.715. The molecule has 1 aliphatic heterocycles. The summed E-state index contributed by atoms with van der Waals surface area (Å²) in [6.45, 7) is 0.378. The lowest BCUT2D eigenvalue weighted by molar-refractivity contribution is 0.351. The van der Waals surface area contributed by atoms with Crippen molar-refractivity contribution in [3.8, 4) is 5.75 Å². The van der Waals surface area contributed by atoms with E-state index in [0.717, 1.165) is 16.9 Å². The number of nitrogens with one attached hydrogen (secondary N) is 1. The summed E-state index contributed by atoms with van der Waals surface area (Å²) in [6, 6.07) is 12.6. The fraction of sp³-hybridized carbons (Fsp3) is 0.0526. The van der Waals surface area contributed by atoms with Crippen LogP contribution in [0.4, 0.5) is 0 Å². The Bertz CT molecular complexity index is 1100. The molecule has 0 saturated heterocycles. The maximum atomic E-state index is 12.2. The van der Waals surface area contributed by atoms with E-state index in [2.05, 4.69) is 9.97 Å². The van der Waals surface area contributed by atoms with Crippen LogP contribution in [-0.2, 0) is 0 Å². The van der Waals surface area contributed by atoms with Crippen LogP contribution in [0.1, 0.15) is 11.4 Å². The summed E-state index contributed by atoms with van der Waals surface area (Å²) < 4.78 is 5.70. The standard InChI is InChI=1S/C19H12Cl2N2O2/c20-13-5-6-17-12(9-13)7-11(10-25-17)8-15(21)18-22-16-4-2-1-3-14(16)19(24)23-18/h1-9H,10H2,(H,22,23,24)/b15-8+. The summed E-state index contributed by atoms with van der Waals surface area (Å²) in [6.07, 6.45) is 3.69. The number of rotatable bonds is 2. The molecule has 6 heteroatoms. The van der Waals surface area contributed by atoms with Crippen molar-refractivity contribution in [1.29, 1.82) is 0 Å². The minimum absolute atomic E-state index is 0.224. The summed E-state index contributed by atoms with van der Waals surface area (Å²) in [7, 11) is 0. The highest BCUT2D eigenvalue weighted by molar-refractivity contribution is 6.48. The van der Waals surface area contributed by atoms with Crippen LogP contribution in [0.3, 0.4) is 0 Å². The van der Waals surface area contributed by atoms with Gasteiger partial charge in [0.05, 0.1) is 15.9 Å². The molecular weight excluding hydrogens is 359 g/mol. The van der Waals surface area contributed by atoms with Gasteiger partial charge in [0.1, 0.15) is 12.4 Å². The highest BCUT2D eigenvalue weighted by atomic mass is 35.5. The minimum atomic E-state index is -0.224. The zero-order chi connectivity index (χ0) is 17.4. The molecular formula is C19H12Cl2N2O2. The fourth-order valence-corrected chi connectivity index (χ4v) is 3.09. The van der Waals surface area contributed by atoms with Crippen molar-refractivity contribution in [2.24, 2.45) is 0 Å². The van der Waals surface area contributed by atoms with Crippen molar-refractivity contribution < 1.29 is 4.74 Å². The number of aromatic nitrogens is 2. The Labute approximate surface area is 153 Å². The molecule has 0 spiro atoms. The predicted molar refractivity (Wildman–Crippen MR) is 101 cm³/mol. The zero-order valence-electron chi connectivity index (χ0n) is 12.9. The fourth-order valence-electron chi connectivity index (χ4n) is 2.68. The topological polar surface area (TPSA) is 55.0 Å². The third-order valence-corrected chi connectivity index (χ3v) is 4.38. The first-order valence-electron chi connectivity index (χ1n) is 7.60. The Morgan fingerprint density at radius 1 is 1.24 bits per heavy atom. The first kappa shape index (κ1) is 15.9. The van der Waals surface area contributed by atoms with Crippen molar-refractivity contribution in [2.75, 3.05) is 6.61 Å². The Morgan fingerprint density at radius 2 is 2.08 bits per heavy atom. The van der Waals surface area contributed by atoms with Crippen molar-refractivity contribution in [3.05, 3.63) is 80.9 Å². The number of benzene rings is 2. The van der Waals surface area contributed by atoms with Gasteiger partial charge in [0.2, 0.25) is 0 Å². The van der Waals surface area contributed by atoms with E-state index >= 15 is 0 Å². The molecule has 0 saturated carbocycles. The van der Waals surface area contributed by atoms with Gasteiger partial charge >= 0.3 is 0 Å². The van der Waals surface area contributed by atoms with Gasteiger partial charge in [-0.2, -0.15) is 0 Å². The number of ether oxygens (including phenoxy) is 1. The number of fused-ring (bicyclic) bond motifs is 2. The monoisotopic (exact) mass is 370 g/mol. The molecule has 4 nitrogen and oxygen atoms in total. The minimum Gasteiger partial charge on any atom is -0.488 e. The van der Waals surface area contributed by atoms with Crippen LogP contribution < -0.4 is 10.3 Å². The van der Waals surface area contributed by atoms with E-state index in [4.69, 9.17) is 27.9 Å².